The summed E-state index contributed by atoms with van der Waals surface area (Å²) in [6.45, 7) is 3.79. The van der Waals surface area contributed by atoms with Crippen molar-refractivity contribution < 1.29 is 9.18 Å². The van der Waals surface area contributed by atoms with E-state index in [-0.39, 0.29) is 36.1 Å². The van der Waals surface area contributed by atoms with Crippen LogP contribution in [0.3, 0.4) is 0 Å². The number of nitrogens with two attached hydrogens (primary N) is 1. The van der Waals surface area contributed by atoms with Crippen LogP contribution in [0.1, 0.15) is 58.8 Å². The number of nitrogens with zero attached hydrogens (tertiary/aromatic N) is 2. The molecule has 1 aliphatic heterocycles. The molecule has 0 radical (unpaired) electrons. The Kier molecular flexibility index (Phi) is 7.58. The van der Waals surface area contributed by atoms with Gasteiger partial charge in [0.2, 0.25) is 0 Å². The predicted molar refractivity (Wildman–Crippen MR) is 142 cm³/mol. The highest BCUT2D eigenvalue weighted by molar-refractivity contribution is 6.07. The number of amides is 1. The maximum absolute atomic E-state index is 14.5. The van der Waals surface area contributed by atoms with Crippen molar-refractivity contribution in [3.05, 3.63) is 107 Å². The summed E-state index contributed by atoms with van der Waals surface area (Å²) in [5.41, 5.74) is 10.4. The third-order valence-corrected chi connectivity index (χ3v) is 7.19. The molecule has 182 valence electrons. The molecule has 5 rings (SSSR count). The number of carbonyl (C=O) groups excluding carboxylic acids is 1. The van der Waals surface area contributed by atoms with Gasteiger partial charge in [-0.05, 0) is 54.5 Å². The van der Waals surface area contributed by atoms with E-state index in [1.165, 1.54) is 11.6 Å². The molecule has 1 atom stereocenters. The molecule has 1 saturated heterocycles. The third-order valence-electron chi connectivity index (χ3n) is 7.19. The van der Waals surface area contributed by atoms with Gasteiger partial charge in [0, 0.05) is 36.7 Å². The zero-order chi connectivity index (χ0) is 23.7. The van der Waals surface area contributed by atoms with E-state index in [1.807, 2.05) is 53.6 Å². The highest BCUT2D eigenvalue weighted by atomic mass is 35.5. The predicted octanol–water partition coefficient (Wildman–Crippen LogP) is 6.29. The first-order chi connectivity index (χ1) is 16.6. The van der Waals surface area contributed by atoms with E-state index < -0.39 is 0 Å². The second-order valence-corrected chi connectivity index (χ2v) is 9.18. The fourth-order valence-corrected chi connectivity index (χ4v) is 5.18. The van der Waals surface area contributed by atoms with Crippen molar-refractivity contribution >= 4 is 29.2 Å². The normalized spacial score (nSPS) is 15.1. The van der Waals surface area contributed by atoms with Crippen molar-refractivity contribution in [3.63, 3.8) is 0 Å². The average Bonchev–Trinajstić information content (AvgIpc) is 3.28. The van der Waals surface area contributed by atoms with Gasteiger partial charge in [-0.1, -0.05) is 60.7 Å². The lowest BCUT2D eigenvalue weighted by Crippen LogP contribution is -2.38. The molecule has 1 aliphatic rings. The minimum Gasteiger partial charge on any atom is -0.339 e. The Morgan fingerprint density at radius 1 is 1.03 bits per heavy atom. The van der Waals surface area contributed by atoms with Crippen LogP contribution in [0.15, 0.2) is 79.0 Å². The smallest absolute Gasteiger partial charge is 0.256 e. The first-order valence-corrected chi connectivity index (χ1v) is 12.0. The maximum atomic E-state index is 14.5. The molecule has 1 unspecified atom stereocenters. The number of hydrogen-bond acceptors (Lipinski definition) is 2. The minimum absolute atomic E-state index is 0. The van der Waals surface area contributed by atoms with Crippen LogP contribution < -0.4 is 5.73 Å². The molecule has 0 saturated carbocycles. The number of fused-ring (bicyclic) bond motifs is 1. The molecule has 6 heteroatoms. The summed E-state index contributed by atoms with van der Waals surface area (Å²) in [6, 6.07) is 23.7. The molecular weight excluding hydrogens is 461 g/mol. The number of hydrogen-bond donors (Lipinski definition) is 1. The van der Waals surface area contributed by atoms with E-state index in [1.54, 1.807) is 6.07 Å². The van der Waals surface area contributed by atoms with Gasteiger partial charge in [-0.25, -0.2) is 4.39 Å². The van der Waals surface area contributed by atoms with Crippen LogP contribution in [0.2, 0.25) is 0 Å². The van der Waals surface area contributed by atoms with Crippen LogP contribution in [0, 0.1) is 5.82 Å². The molecule has 1 amide bonds. The fourth-order valence-electron chi connectivity index (χ4n) is 5.18. The van der Waals surface area contributed by atoms with Gasteiger partial charge in [0.25, 0.3) is 5.91 Å². The molecule has 4 aromatic rings. The van der Waals surface area contributed by atoms with E-state index in [4.69, 9.17) is 5.73 Å². The number of likely N-dealkylation sites (tertiary alicyclic amines) is 1. The average molecular weight is 492 g/mol. The molecule has 2 N–H and O–H groups in total. The van der Waals surface area contributed by atoms with Gasteiger partial charge >= 0.3 is 0 Å². The summed E-state index contributed by atoms with van der Waals surface area (Å²) in [5.74, 6) is -0.0280. The van der Waals surface area contributed by atoms with E-state index in [9.17, 15) is 9.18 Å². The third kappa shape index (κ3) is 4.84. The van der Waals surface area contributed by atoms with E-state index in [2.05, 4.69) is 29.7 Å². The Morgan fingerprint density at radius 3 is 2.43 bits per heavy atom. The van der Waals surface area contributed by atoms with Crippen LogP contribution >= 0.6 is 12.4 Å². The zero-order valence-electron chi connectivity index (χ0n) is 19.9. The Bertz CT molecular complexity index is 1310. The molecular formula is C29H31ClFN3O. The molecule has 3 aromatic carbocycles. The van der Waals surface area contributed by atoms with Crippen molar-refractivity contribution in [2.45, 2.75) is 38.3 Å². The number of para-hydroxylation sites is 1. The van der Waals surface area contributed by atoms with E-state index >= 15 is 0 Å². The van der Waals surface area contributed by atoms with Gasteiger partial charge in [-0.2, -0.15) is 0 Å². The molecule has 2 heterocycles. The van der Waals surface area contributed by atoms with Crippen LogP contribution in [-0.4, -0.2) is 28.5 Å². The van der Waals surface area contributed by atoms with Gasteiger partial charge < -0.3 is 15.2 Å². The Balaban J connectivity index is 0.00000289. The Labute approximate surface area is 212 Å². The van der Waals surface area contributed by atoms with Crippen LogP contribution in [-0.2, 0) is 6.54 Å². The molecule has 1 aromatic heterocycles. The van der Waals surface area contributed by atoms with E-state index in [0.29, 0.717) is 19.6 Å². The van der Waals surface area contributed by atoms with Gasteiger partial charge in [-0.15, -0.1) is 12.4 Å². The summed E-state index contributed by atoms with van der Waals surface area (Å²) < 4.78 is 16.7. The summed E-state index contributed by atoms with van der Waals surface area (Å²) in [4.78, 5) is 15.5. The number of rotatable bonds is 5. The number of halogens is 2. The van der Waals surface area contributed by atoms with Crippen LogP contribution in [0.5, 0.6) is 0 Å². The summed E-state index contributed by atoms with van der Waals surface area (Å²) in [6.07, 6.45) is 3.49. The first kappa shape index (κ1) is 25.0. The second kappa shape index (κ2) is 10.6. The van der Waals surface area contributed by atoms with E-state index in [0.717, 1.165) is 40.4 Å². The lowest BCUT2D eigenvalue weighted by atomic mass is 9.88. The van der Waals surface area contributed by atoms with Crippen LogP contribution in [0.25, 0.3) is 10.9 Å². The number of piperidine rings is 1. The fraction of sp³-hybridized carbons (Fsp3) is 0.276. The number of carbonyl (C=O) groups is 1. The Morgan fingerprint density at radius 2 is 1.71 bits per heavy atom. The lowest BCUT2D eigenvalue weighted by molar-refractivity contribution is 0.0714. The number of benzene rings is 3. The molecule has 1 fully saturated rings. The largest absolute Gasteiger partial charge is 0.339 e. The molecule has 0 bridgehead atoms. The van der Waals surface area contributed by atoms with Gasteiger partial charge in [0.15, 0.2) is 0 Å². The van der Waals surface area contributed by atoms with Gasteiger partial charge in [0.1, 0.15) is 5.82 Å². The summed E-state index contributed by atoms with van der Waals surface area (Å²) in [5, 5.41) is 0.971. The highest BCUT2D eigenvalue weighted by Crippen LogP contribution is 2.33. The minimum atomic E-state index is -0.181. The molecule has 0 spiro atoms. The Hall–Kier alpha value is -3.15. The summed E-state index contributed by atoms with van der Waals surface area (Å²) >= 11 is 0. The molecule has 4 nitrogen and oxygen atoms in total. The van der Waals surface area contributed by atoms with Crippen molar-refractivity contribution in [2.24, 2.45) is 5.73 Å². The molecule has 35 heavy (non-hydrogen) atoms. The maximum Gasteiger partial charge on any atom is 0.256 e. The summed E-state index contributed by atoms with van der Waals surface area (Å²) in [7, 11) is 0. The molecule has 0 aliphatic carbocycles. The quantitative estimate of drug-likeness (QED) is 0.356. The van der Waals surface area contributed by atoms with Crippen molar-refractivity contribution in [1.82, 2.24) is 9.47 Å². The zero-order valence-corrected chi connectivity index (χ0v) is 20.7. The first-order valence-electron chi connectivity index (χ1n) is 12.0. The highest BCUT2D eigenvalue weighted by Gasteiger charge is 2.28. The van der Waals surface area contributed by atoms with Crippen LogP contribution in [0.4, 0.5) is 4.39 Å². The number of aromatic nitrogens is 1. The van der Waals surface area contributed by atoms with Crippen molar-refractivity contribution in [2.75, 3.05) is 13.1 Å². The topological polar surface area (TPSA) is 51.3 Å². The van der Waals surface area contributed by atoms with Gasteiger partial charge in [-0.3, -0.25) is 4.79 Å². The lowest BCUT2D eigenvalue weighted by Gasteiger charge is -2.32. The standard InChI is InChI=1S/C29H30FN3O.ClH/c1-20(22-7-3-2-4-8-22)33-19-26(24-9-5-6-10-28(24)33)29(34)32-15-13-23(14-16-32)25-17-21(18-31)11-12-27(25)30;/h2-12,17,19-20,23H,13-16,18,31H2,1H3;1H. The van der Waals surface area contributed by atoms with Crippen molar-refractivity contribution in [1.29, 1.82) is 0 Å². The van der Waals surface area contributed by atoms with Gasteiger partial charge in [0.05, 0.1) is 11.6 Å². The monoisotopic (exact) mass is 491 g/mol. The SMILES string of the molecule is CC(c1ccccc1)n1cc(C(=O)N2CCC(c3cc(CN)ccc3F)CC2)c2ccccc21.Cl. The second-order valence-electron chi connectivity index (χ2n) is 9.18. The van der Waals surface area contributed by atoms with Crippen molar-refractivity contribution in [3.8, 4) is 0 Å².